The summed E-state index contributed by atoms with van der Waals surface area (Å²) in [4.78, 5) is 15.6. The minimum absolute atomic E-state index is 0.571. The Morgan fingerprint density at radius 2 is 0.812 bits per heavy atom. The number of benzene rings is 10. The van der Waals surface area contributed by atoms with Crippen LogP contribution in [0.1, 0.15) is 0 Å². The zero-order valence-electron chi connectivity index (χ0n) is 37.0. The Hall–Kier alpha value is -9.39. The van der Waals surface area contributed by atoms with Gasteiger partial charge in [0, 0.05) is 65.8 Å². The molecule has 0 aliphatic carbocycles. The van der Waals surface area contributed by atoms with Crippen molar-refractivity contribution in [2.24, 2.45) is 0 Å². The summed E-state index contributed by atoms with van der Waals surface area (Å²) in [5.41, 5.74) is 15.8. The summed E-state index contributed by atoms with van der Waals surface area (Å²) in [6, 6.07) is 80.2. The molecule has 0 unspecified atom stereocenters. The molecule has 0 spiro atoms. The predicted molar refractivity (Wildman–Crippen MR) is 281 cm³/mol. The lowest BCUT2D eigenvalue weighted by Crippen LogP contribution is -2.01. The molecular weight excluding hydrogens is 845 g/mol. The SMILES string of the molecule is c1ccc(-c2nc(-c3cccc(-n4c5ccccc5c5ccccc54)c3)nc(-c3cccc4oc5cc(-c6cccc(-c7cccc8c7oc7c(-c9ccccc9)cccc78)c6)ccc5c34)n2)cc1. The van der Waals surface area contributed by atoms with Crippen molar-refractivity contribution in [2.75, 3.05) is 0 Å². The second-order valence-corrected chi connectivity index (χ2v) is 17.5. The van der Waals surface area contributed by atoms with E-state index in [-0.39, 0.29) is 0 Å². The fraction of sp³-hybridized carbons (Fsp3) is 0. The summed E-state index contributed by atoms with van der Waals surface area (Å²) < 4.78 is 15.8. The maximum atomic E-state index is 6.79. The number of hydrogen-bond acceptors (Lipinski definition) is 5. The van der Waals surface area contributed by atoms with Crippen molar-refractivity contribution in [1.82, 2.24) is 19.5 Å². The normalized spacial score (nSPS) is 11.8. The van der Waals surface area contributed by atoms with Gasteiger partial charge in [0.15, 0.2) is 17.5 Å². The molecule has 322 valence electrons. The first-order valence-corrected chi connectivity index (χ1v) is 23.2. The summed E-state index contributed by atoms with van der Waals surface area (Å²) in [6.45, 7) is 0. The van der Waals surface area contributed by atoms with E-state index in [0.29, 0.717) is 17.5 Å². The predicted octanol–water partition coefficient (Wildman–Crippen LogP) is 16.8. The summed E-state index contributed by atoms with van der Waals surface area (Å²) in [7, 11) is 0. The number of furan rings is 2. The highest BCUT2D eigenvalue weighted by Crippen LogP contribution is 2.42. The number of nitrogens with zero attached hydrogens (tertiary/aromatic N) is 4. The fourth-order valence-corrected chi connectivity index (χ4v) is 10.3. The van der Waals surface area contributed by atoms with Gasteiger partial charge in [-0.1, -0.05) is 182 Å². The molecule has 14 rings (SSSR count). The molecule has 10 aromatic carbocycles. The number of hydrogen-bond donors (Lipinski definition) is 0. The third-order valence-electron chi connectivity index (χ3n) is 13.5. The summed E-state index contributed by atoms with van der Waals surface area (Å²) in [5, 5.41) is 6.56. The molecule has 0 saturated heterocycles. The van der Waals surface area contributed by atoms with E-state index in [9.17, 15) is 0 Å². The van der Waals surface area contributed by atoms with Gasteiger partial charge in [0.1, 0.15) is 22.3 Å². The Bertz CT molecular complexity index is 4260. The van der Waals surface area contributed by atoms with Crippen LogP contribution in [-0.4, -0.2) is 19.5 Å². The van der Waals surface area contributed by atoms with E-state index in [4.69, 9.17) is 23.8 Å². The van der Waals surface area contributed by atoms with Crippen molar-refractivity contribution in [3.63, 3.8) is 0 Å². The summed E-state index contributed by atoms with van der Waals surface area (Å²) in [6.07, 6.45) is 0. The van der Waals surface area contributed by atoms with Crippen LogP contribution in [0.15, 0.2) is 239 Å². The number of fused-ring (bicyclic) bond motifs is 9. The van der Waals surface area contributed by atoms with Crippen molar-refractivity contribution in [3.8, 4) is 73.2 Å². The molecule has 4 heterocycles. The molecule has 0 saturated carbocycles. The Kier molecular flexibility index (Phi) is 8.79. The Morgan fingerprint density at radius 1 is 0.290 bits per heavy atom. The molecular formula is C63H38N4O2. The van der Waals surface area contributed by atoms with E-state index < -0.39 is 0 Å². The lowest BCUT2D eigenvalue weighted by atomic mass is 9.96. The molecule has 0 aliphatic heterocycles. The average molecular weight is 883 g/mol. The second kappa shape index (κ2) is 15.6. The molecule has 69 heavy (non-hydrogen) atoms. The van der Waals surface area contributed by atoms with Crippen molar-refractivity contribution < 1.29 is 8.83 Å². The number of para-hydroxylation sites is 4. The van der Waals surface area contributed by atoms with E-state index in [1.54, 1.807) is 0 Å². The molecule has 0 bridgehead atoms. The van der Waals surface area contributed by atoms with Crippen LogP contribution in [-0.2, 0) is 0 Å². The van der Waals surface area contributed by atoms with Crippen LogP contribution in [0.4, 0.5) is 0 Å². The van der Waals surface area contributed by atoms with Crippen LogP contribution in [0.5, 0.6) is 0 Å². The van der Waals surface area contributed by atoms with Crippen molar-refractivity contribution >= 4 is 65.7 Å². The molecule has 6 nitrogen and oxygen atoms in total. The standard InChI is InChI=1S/C63H38N4O2/c1-3-16-39(17-4-1)46-26-13-28-50-51-29-14-27-47(60(51)69-59(46)50)43-21-11-20-41(36-43)42-34-35-52-57(38-42)68-56-33-15-30-53(58(52)56)63-65-61(40-18-5-2-6-19-40)64-62(66-63)44-22-12-23-45(37-44)67-54-31-9-7-24-48(54)49-25-8-10-32-55(49)67/h1-38H. The Balaban J connectivity index is 0.870. The van der Waals surface area contributed by atoms with Crippen LogP contribution >= 0.6 is 0 Å². The molecule has 4 aromatic heterocycles. The highest BCUT2D eigenvalue weighted by atomic mass is 16.3. The molecule has 0 aliphatic rings. The largest absolute Gasteiger partial charge is 0.456 e. The van der Waals surface area contributed by atoms with Crippen LogP contribution in [0.25, 0.3) is 139 Å². The molecule has 0 N–H and O–H groups in total. The van der Waals surface area contributed by atoms with Gasteiger partial charge in [0.25, 0.3) is 0 Å². The first-order chi connectivity index (χ1) is 34.2. The first-order valence-electron chi connectivity index (χ1n) is 23.2. The van der Waals surface area contributed by atoms with Gasteiger partial charge in [-0.25, -0.2) is 15.0 Å². The quantitative estimate of drug-likeness (QED) is 0.159. The Morgan fingerprint density at radius 3 is 1.55 bits per heavy atom. The fourth-order valence-electron chi connectivity index (χ4n) is 10.3. The highest BCUT2D eigenvalue weighted by molar-refractivity contribution is 6.14. The summed E-state index contributed by atoms with van der Waals surface area (Å²) in [5.74, 6) is 1.75. The molecule has 14 aromatic rings. The van der Waals surface area contributed by atoms with Crippen molar-refractivity contribution in [2.45, 2.75) is 0 Å². The monoisotopic (exact) mass is 882 g/mol. The van der Waals surface area contributed by atoms with E-state index in [1.165, 1.54) is 10.8 Å². The molecule has 0 fully saturated rings. The van der Waals surface area contributed by atoms with Gasteiger partial charge in [-0.15, -0.1) is 0 Å². The van der Waals surface area contributed by atoms with Gasteiger partial charge in [-0.05, 0) is 70.8 Å². The average Bonchev–Trinajstić information content (AvgIpc) is 4.11. The minimum atomic E-state index is 0.571. The minimum Gasteiger partial charge on any atom is -0.456 e. The molecule has 0 amide bonds. The zero-order valence-corrected chi connectivity index (χ0v) is 37.0. The molecule has 6 heteroatoms. The van der Waals surface area contributed by atoms with Gasteiger partial charge >= 0.3 is 0 Å². The van der Waals surface area contributed by atoms with Crippen molar-refractivity contribution in [3.05, 3.63) is 231 Å². The molecule has 0 atom stereocenters. The van der Waals surface area contributed by atoms with E-state index in [2.05, 4.69) is 187 Å². The van der Waals surface area contributed by atoms with Crippen LogP contribution < -0.4 is 0 Å². The van der Waals surface area contributed by atoms with Crippen LogP contribution in [0, 0.1) is 0 Å². The second-order valence-electron chi connectivity index (χ2n) is 17.5. The third kappa shape index (κ3) is 6.38. The lowest BCUT2D eigenvalue weighted by molar-refractivity contribution is 0.669. The van der Waals surface area contributed by atoms with Crippen LogP contribution in [0.3, 0.4) is 0 Å². The smallest absolute Gasteiger partial charge is 0.164 e. The number of aromatic nitrogens is 4. The van der Waals surface area contributed by atoms with E-state index >= 15 is 0 Å². The Labute approximate surface area is 396 Å². The van der Waals surface area contributed by atoms with Crippen LogP contribution in [0.2, 0.25) is 0 Å². The summed E-state index contributed by atoms with van der Waals surface area (Å²) >= 11 is 0. The third-order valence-corrected chi connectivity index (χ3v) is 13.5. The van der Waals surface area contributed by atoms with Gasteiger partial charge in [-0.3, -0.25) is 0 Å². The molecule has 0 radical (unpaired) electrons. The topological polar surface area (TPSA) is 69.9 Å². The van der Waals surface area contributed by atoms with E-state index in [0.717, 1.165) is 111 Å². The van der Waals surface area contributed by atoms with Gasteiger partial charge in [0.2, 0.25) is 0 Å². The highest BCUT2D eigenvalue weighted by Gasteiger charge is 2.21. The van der Waals surface area contributed by atoms with Gasteiger partial charge in [0.05, 0.1) is 11.0 Å². The lowest BCUT2D eigenvalue weighted by Gasteiger charge is -2.12. The maximum absolute atomic E-state index is 6.79. The van der Waals surface area contributed by atoms with Gasteiger partial charge in [-0.2, -0.15) is 0 Å². The van der Waals surface area contributed by atoms with Crippen molar-refractivity contribution in [1.29, 1.82) is 0 Å². The number of rotatable bonds is 7. The van der Waals surface area contributed by atoms with E-state index in [1.807, 2.05) is 48.5 Å². The first kappa shape index (κ1) is 38.8. The maximum Gasteiger partial charge on any atom is 0.164 e. The van der Waals surface area contributed by atoms with Gasteiger partial charge < -0.3 is 13.4 Å². The zero-order chi connectivity index (χ0) is 45.4.